The zero-order chi connectivity index (χ0) is 19.5. The van der Waals surface area contributed by atoms with E-state index in [-0.39, 0.29) is 17.2 Å². The van der Waals surface area contributed by atoms with E-state index in [9.17, 15) is 9.59 Å². The van der Waals surface area contributed by atoms with Gasteiger partial charge >= 0.3 is 0 Å². The molecule has 3 aromatic rings. The minimum atomic E-state index is -0.395. The van der Waals surface area contributed by atoms with Crippen molar-refractivity contribution in [1.82, 2.24) is 10.2 Å². The number of morpholine rings is 1. The molecule has 8 heteroatoms. The fraction of sp³-hybridized carbons (Fsp3) is 0.300. The Hall–Kier alpha value is -2.00. The van der Waals surface area contributed by atoms with Gasteiger partial charge in [0.2, 0.25) is 0 Å². The van der Waals surface area contributed by atoms with Crippen molar-refractivity contribution in [2.45, 2.75) is 6.04 Å². The molecule has 0 aliphatic carbocycles. The molecule has 1 aromatic carbocycles. The summed E-state index contributed by atoms with van der Waals surface area (Å²) in [6.07, 6.45) is 0. The first-order chi connectivity index (χ1) is 13.6. The predicted octanol–water partition coefficient (Wildman–Crippen LogP) is 3.42. The minimum absolute atomic E-state index is 0.0162. The molecule has 1 fully saturated rings. The second-order valence-corrected chi connectivity index (χ2v) is 8.40. The molecule has 1 saturated heterocycles. The van der Waals surface area contributed by atoms with E-state index in [4.69, 9.17) is 9.15 Å². The quantitative estimate of drug-likeness (QED) is 0.628. The second kappa shape index (κ2) is 8.57. The van der Waals surface area contributed by atoms with Crippen LogP contribution in [0, 0.1) is 0 Å². The van der Waals surface area contributed by atoms with Crippen LogP contribution in [0.4, 0.5) is 0 Å². The van der Waals surface area contributed by atoms with E-state index in [0.29, 0.717) is 30.7 Å². The average Bonchev–Trinajstić information content (AvgIpc) is 3.23. The Morgan fingerprint density at radius 1 is 1.25 bits per heavy atom. The number of carbonyl (C=O) groups is 1. The number of ether oxygens (including phenoxy) is 1. The maximum absolute atomic E-state index is 12.7. The molecular formula is C20H19BrN2O4S. The van der Waals surface area contributed by atoms with E-state index in [0.717, 1.165) is 17.6 Å². The Labute approximate surface area is 174 Å². The molecule has 1 amide bonds. The summed E-state index contributed by atoms with van der Waals surface area (Å²) in [5.74, 6) is -0.378. The second-order valence-electron chi connectivity index (χ2n) is 6.50. The summed E-state index contributed by atoms with van der Waals surface area (Å²) in [5.41, 5.74) is 0.150. The van der Waals surface area contributed by atoms with Crippen molar-refractivity contribution in [3.05, 3.63) is 67.1 Å². The molecule has 1 aliphatic heterocycles. The summed E-state index contributed by atoms with van der Waals surface area (Å²) in [4.78, 5) is 28.5. The summed E-state index contributed by atoms with van der Waals surface area (Å²) in [6.45, 7) is 3.43. The highest BCUT2D eigenvalue weighted by molar-refractivity contribution is 9.10. The molecule has 1 N–H and O–H groups in total. The monoisotopic (exact) mass is 462 g/mol. The Morgan fingerprint density at radius 2 is 2.07 bits per heavy atom. The van der Waals surface area contributed by atoms with Gasteiger partial charge in [0.1, 0.15) is 5.58 Å². The molecular weight excluding hydrogens is 444 g/mol. The van der Waals surface area contributed by atoms with Crippen LogP contribution in [0.25, 0.3) is 11.0 Å². The van der Waals surface area contributed by atoms with Crippen molar-refractivity contribution in [2.24, 2.45) is 0 Å². The van der Waals surface area contributed by atoms with E-state index < -0.39 is 5.91 Å². The molecule has 1 atom stereocenters. The molecule has 28 heavy (non-hydrogen) atoms. The Morgan fingerprint density at radius 3 is 2.82 bits per heavy atom. The highest BCUT2D eigenvalue weighted by atomic mass is 79.9. The largest absolute Gasteiger partial charge is 0.451 e. The Kier molecular flexibility index (Phi) is 5.91. The van der Waals surface area contributed by atoms with E-state index in [1.807, 2.05) is 11.4 Å². The summed E-state index contributed by atoms with van der Waals surface area (Å²) < 4.78 is 11.9. The molecule has 2 aromatic heterocycles. The van der Waals surface area contributed by atoms with Gasteiger partial charge in [0.25, 0.3) is 5.91 Å². The summed E-state index contributed by atoms with van der Waals surface area (Å²) in [6, 6.07) is 10.5. The molecule has 1 aliphatic rings. The third-order valence-electron chi connectivity index (χ3n) is 4.73. The normalized spacial score (nSPS) is 16.2. The lowest BCUT2D eigenvalue weighted by Gasteiger charge is -2.34. The molecule has 4 rings (SSSR count). The fourth-order valence-electron chi connectivity index (χ4n) is 3.30. The van der Waals surface area contributed by atoms with Gasteiger partial charge in [-0.15, -0.1) is 11.3 Å². The van der Waals surface area contributed by atoms with Crippen LogP contribution in [0.5, 0.6) is 0 Å². The maximum Gasteiger partial charge on any atom is 0.287 e. The lowest BCUT2D eigenvalue weighted by atomic mass is 10.1. The topological polar surface area (TPSA) is 71.8 Å². The molecule has 0 saturated carbocycles. The van der Waals surface area contributed by atoms with Crippen LogP contribution >= 0.6 is 27.3 Å². The fourth-order valence-corrected chi connectivity index (χ4v) is 4.50. The molecule has 6 nitrogen and oxygen atoms in total. The van der Waals surface area contributed by atoms with Crippen LogP contribution in [0.2, 0.25) is 0 Å². The lowest BCUT2D eigenvalue weighted by molar-refractivity contribution is 0.0168. The minimum Gasteiger partial charge on any atom is -0.451 e. The van der Waals surface area contributed by atoms with Gasteiger partial charge < -0.3 is 14.5 Å². The highest BCUT2D eigenvalue weighted by Gasteiger charge is 2.24. The third kappa shape index (κ3) is 4.20. The molecule has 0 radical (unpaired) electrons. The van der Waals surface area contributed by atoms with Gasteiger partial charge in [-0.25, -0.2) is 0 Å². The predicted molar refractivity (Wildman–Crippen MR) is 112 cm³/mol. The van der Waals surface area contributed by atoms with Crippen LogP contribution in [0.1, 0.15) is 21.5 Å². The number of nitrogens with one attached hydrogen (secondary N) is 1. The number of halogens is 1. The van der Waals surface area contributed by atoms with Crippen molar-refractivity contribution in [3.63, 3.8) is 0 Å². The molecule has 0 bridgehead atoms. The van der Waals surface area contributed by atoms with Gasteiger partial charge in [0.05, 0.1) is 24.6 Å². The number of nitrogens with zero attached hydrogens (tertiary/aromatic N) is 1. The first-order valence-corrected chi connectivity index (χ1v) is 10.7. The van der Waals surface area contributed by atoms with Crippen molar-refractivity contribution < 1.29 is 13.9 Å². The number of hydrogen-bond acceptors (Lipinski definition) is 6. The third-order valence-corrected chi connectivity index (χ3v) is 6.20. The Balaban J connectivity index is 1.53. The summed E-state index contributed by atoms with van der Waals surface area (Å²) >= 11 is 5.02. The SMILES string of the molecule is O=C(NC[C@@H](c1cccs1)N1CCOCC1)c1cc(=O)c2ccc(Br)cc2o1. The molecule has 0 spiro atoms. The zero-order valence-electron chi connectivity index (χ0n) is 15.0. The highest BCUT2D eigenvalue weighted by Crippen LogP contribution is 2.25. The molecule has 3 heterocycles. The smallest absolute Gasteiger partial charge is 0.287 e. The molecule has 146 valence electrons. The van der Waals surface area contributed by atoms with Crippen LogP contribution < -0.4 is 10.7 Å². The van der Waals surface area contributed by atoms with Gasteiger partial charge in [-0.3, -0.25) is 14.5 Å². The number of fused-ring (bicyclic) bond motifs is 1. The number of thiophene rings is 1. The number of benzene rings is 1. The van der Waals surface area contributed by atoms with Crippen molar-refractivity contribution in [1.29, 1.82) is 0 Å². The standard InChI is InChI=1S/C20H19BrN2O4S/c21-13-3-4-14-16(24)11-18(27-17(14)10-13)20(25)22-12-15(19-2-1-9-28-19)23-5-7-26-8-6-23/h1-4,9-11,15H,5-8,12H2,(H,22,25)/t15-/m0/s1. The van der Waals surface area contributed by atoms with Crippen molar-refractivity contribution in [2.75, 3.05) is 32.8 Å². The summed E-state index contributed by atoms with van der Waals surface area (Å²) in [7, 11) is 0. The van der Waals surface area contributed by atoms with E-state index >= 15 is 0 Å². The van der Waals surface area contributed by atoms with E-state index in [1.54, 1.807) is 29.5 Å². The van der Waals surface area contributed by atoms with Crippen LogP contribution in [0.15, 0.2) is 55.5 Å². The number of hydrogen-bond donors (Lipinski definition) is 1. The van der Waals surface area contributed by atoms with E-state index in [2.05, 4.69) is 32.2 Å². The number of rotatable bonds is 5. The van der Waals surface area contributed by atoms with Gasteiger partial charge in [-0.05, 0) is 29.6 Å². The lowest BCUT2D eigenvalue weighted by Crippen LogP contribution is -2.43. The van der Waals surface area contributed by atoms with Gasteiger partial charge in [0.15, 0.2) is 11.2 Å². The van der Waals surface area contributed by atoms with Crippen LogP contribution in [-0.2, 0) is 4.74 Å². The number of carbonyl (C=O) groups excluding carboxylic acids is 1. The van der Waals surface area contributed by atoms with E-state index in [1.165, 1.54) is 10.9 Å². The van der Waals surface area contributed by atoms with Crippen LogP contribution in [0.3, 0.4) is 0 Å². The summed E-state index contributed by atoms with van der Waals surface area (Å²) in [5, 5.41) is 5.41. The first-order valence-electron chi connectivity index (χ1n) is 8.98. The molecule has 0 unspecified atom stereocenters. The van der Waals surface area contributed by atoms with Crippen LogP contribution in [-0.4, -0.2) is 43.7 Å². The Bertz CT molecular complexity index is 1030. The van der Waals surface area contributed by atoms with Gasteiger partial charge in [-0.1, -0.05) is 22.0 Å². The van der Waals surface area contributed by atoms with Crippen molar-refractivity contribution >= 4 is 44.1 Å². The van der Waals surface area contributed by atoms with Gasteiger partial charge in [-0.2, -0.15) is 0 Å². The number of amides is 1. The van der Waals surface area contributed by atoms with Gasteiger partial charge in [0, 0.05) is 35.1 Å². The first kappa shape index (κ1) is 19.3. The van der Waals surface area contributed by atoms with Crippen molar-refractivity contribution in [3.8, 4) is 0 Å². The maximum atomic E-state index is 12.7. The zero-order valence-corrected chi connectivity index (χ0v) is 17.4. The average molecular weight is 463 g/mol.